The zero-order valence-electron chi connectivity index (χ0n) is 7.63. The molecule has 0 saturated heterocycles. The molecule has 6 nitrogen and oxygen atoms in total. The number of rotatable bonds is 2. The third kappa shape index (κ3) is 2.25. The van der Waals surface area contributed by atoms with E-state index >= 15 is 0 Å². The van der Waals surface area contributed by atoms with Crippen LogP contribution in [0.15, 0.2) is 17.0 Å². The molecule has 1 aromatic rings. The molecule has 0 aliphatic carbocycles. The van der Waals surface area contributed by atoms with E-state index in [1.807, 2.05) is 0 Å². The van der Waals surface area contributed by atoms with Gasteiger partial charge in [-0.3, -0.25) is 4.55 Å². The summed E-state index contributed by atoms with van der Waals surface area (Å²) in [5.74, 6) is -2.43. The fourth-order valence-corrected chi connectivity index (χ4v) is 1.79. The molecule has 0 heterocycles. The molecule has 0 atom stereocenters. The molecule has 3 N–H and O–H groups in total. The van der Waals surface area contributed by atoms with E-state index in [1.54, 1.807) is 0 Å². The van der Waals surface area contributed by atoms with Gasteiger partial charge in [0.2, 0.25) is 0 Å². The Hall–Kier alpha value is -1.60. The van der Waals surface area contributed by atoms with E-state index in [-0.39, 0.29) is 0 Å². The molecule has 0 bridgehead atoms. The smallest absolute Gasteiger partial charge is 0.339 e. The van der Waals surface area contributed by atoms with Gasteiger partial charge in [-0.15, -0.1) is 0 Å². The van der Waals surface area contributed by atoms with E-state index in [9.17, 15) is 18.3 Å². The average Bonchev–Trinajstić information content (AvgIpc) is 2.06. The van der Waals surface area contributed by atoms with Crippen molar-refractivity contribution in [3.05, 3.63) is 23.3 Å². The molecule has 0 unspecified atom stereocenters. The van der Waals surface area contributed by atoms with Crippen LogP contribution in [-0.4, -0.2) is 29.2 Å². The molecule has 0 aromatic heterocycles. The third-order valence-electron chi connectivity index (χ3n) is 1.73. The van der Waals surface area contributed by atoms with E-state index in [1.165, 1.54) is 6.92 Å². The highest BCUT2D eigenvalue weighted by Gasteiger charge is 2.21. The van der Waals surface area contributed by atoms with Crippen molar-refractivity contribution in [1.29, 1.82) is 0 Å². The quantitative estimate of drug-likeness (QED) is 0.645. The van der Waals surface area contributed by atoms with Crippen molar-refractivity contribution >= 4 is 16.1 Å². The number of carboxylic acid groups (broad SMARTS) is 1. The molecule has 1 rings (SSSR count). The maximum Gasteiger partial charge on any atom is 0.339 e. The minimum absolute atomic E-state index is 0.304. The molecule has 0 saturated carbocycles. The van der Waals surface area contributed by atoms with Crippen LogP contribution in [0.5, 0.6) is 5.75 Å². The van der Waals surface area contributed by atoms with Crippen LogP contribution in [0.25, 0.3) is 0 Å². The Morgan fingerprint density at radius 1 is 1.33 bits per heavy atom. The average molecular weight is 232 g/mol. The van der Waals surface area contributed by atoms with E-state index in [0.29, 0.717) is 5.56 Å². The van der Waals surface area contributed by atoms with E-state index in [4.69, 9.17) is 9.66 Å². The van der Waals surface area contributed by atoms with Crippen LogP contribution >= 0.6 is 0 Å². The molecule has 82 valence electrons. The van der Waals surface area contributed by atoms with Gasteiger partial charge in [-0.05, 0) is 24.6 Å². The van der Waals surface area contributed by atoms with Crippen molar-refractivity contribution in [2.24, 2.45) is 0 Å². The monoisotopic (exact) mass is 232 g/mol. The Balaban J connectivity index is 3.63. The molecule has 7 heteroatoms. The number of aryl methyl sites for hydroxylation is 1. The minimum atomic E-state index is -4.63. The summed E-state index contributed by atoms with van der Waals surface area (Å²) in [6.45, 7) is 1.44. The van der Waals surface area contributed by atoms with Crippen LogP contribution in [0, 0.1) is 6.92 Å². The molecule has 0 aliphatic rings. The van der Waals surface area contributed by atoms with Crippen LogP contribution in [0.1, 0.15) is 15.9 Å². The normalized spacial score (nSPS) is 11.3. The number of benzene rings is 1. The van der Waals surface area contributed by atoms with Crippen LogP contribution in [0.3, 0.4) is 0 Å². The zero-order chi connectivity index (χ0) is 11.8. The molecular formula is C8H8O6S. The molecule has 0 radical (unpaired) electrons. The SMILES string of the molecule is Cc1cc(C(=O)O)c(O)c(S(=O)(=O)O)c1. The highest BCUT2D eigenvalue weighted by molar-refractivity contribution is 7.86. The standard InChI is InChI=1S/C8H8O6S/c1-4-2-5(8(10)11)7(9)6(3-4)15(12,13)14/h2-3,9H,1H3,(H,10,11)(H,12,13,14). The maximum absolute atomic E-state index is 10.8. The van der Waals surface area contributed by atoms with Gasteiger partial charge in [-0.1, -0.05) is 0 Å². The van der Waals surface area contributed by atoms with Crippen molar-refractivity contribution in [1.82, 2.24) is 0 Å². The number of hydrogen-bond donors (Lipinski definition) is 3. The number of aromatic carboxylic acids is 1. The lowest BCUT2D eigenvalue weighted by molar-refractivity contribution is 0.0693. The molecule has 0 aliphatic heterocycles. The van der Waals surface area contributed by atoms with Crippen molar-refractivity contribution in [2.75, 3.05) is 0 Å². The van der Waals surface area contributed by atoms with Gasteiger partial charge in [0, 0.05) is 0 Å². The van der Waals surface area contributed by atoms with Crippen molar-refractivity contribution in [2.45, 2.75) is 11.8 Å². The summed E-state index contributed by atoms with van der Waals surface area (Å²) in [5.41, 5.74) is -0.263. The summed E-state index contributed by atoms with van der Waals surface area (Å²) in [7, 11) is -4.63. The molecule has 1 aromatic carbocycles. The topological polar surface area (TPSA) is 112 Å². The Bertz CT molecular complexity index is 516. The van der Waals surface area contributed by atoms with Gasteiger partial charge in [0.05, 0.1) is 0 Å². The van der Waals surface area contributed by atoms with Gasteiger partial charge in [0.1, 0.15) is 10.5 Å². The van der Waals surface area contributed by atoms with E-state index in [0.717, 1.165) is 12.1 Å². The Labute approximate surface area is 85.5 Å². The van der Waals surface area contributed by atoms with Gasteiger partial charge in [-0.2, -0.15) is 8.42 Å². The summed E-state index contributed by atoms with van der Waals surface area (Å²) < 4.78 is 30.3. The van der Waals surface area contributed by atoms with E-state index in [2.05, 4.69) is 0 Å². The van der Waals surface area contributed by atoms with Crippen molar-refractivity contribution in [3.63, 3.8) is 0 Å². The second-order valence-corrected chi connectivity index (χ2v) is 4.33. The summed E-state index contributed by atoms with van der Waals surface area (Å²) in [4.78, 5) is 9.81. The number of phenols is 1. The van der Waals surface area contributed by atoms with Gasteiger partial charge < -0.3 is 10.2 Å². The number of carboxylic acids is 1. The van der Waals surface area contributed by atoms with Gasteiger partial charge in [-0.25, -0.2) is 4.79 Å². The van der Waals surface area contributed by atoms with Gasteiger partial charge >= 0.3 is 5.97 Å². The van der Waals surface area contributed by atoms with Crippen LogP contribution < -0.4 is 0 Å². The summed E-state index contributed by atoms with van der Waals surface area (Å²) in [6.07, 6.45) is 0. The molecule has 15 heavy (non-hydrogen) atoms. The van der Waals surface area contributed by atoms with Crippen LogP contribution in [0.4, 0.5) is 0 Å². The maximum atomic E-state index is 10.8. The first-order valence-electron chi connectivity index (χ1n) is 3.78. The Morgan fingerprint density at radius 3 is 2.27 bits per heavy atom. The summed E-state index contributed by atoms with van der Waals surface area (Å²) in [6, 6.07) is 2.09. The first kappa shape index (κ1) is 11.5. The largest absolute Gasteiger partial charge is 0.506 e. The van der Waals surface area contributed by atoms with Crippen molar-refractivity contribution < 1.29 is 28.0 Å². The highest BCUT2D eigenvalue weighted by Crippen LogP contribution is 2.28. The van der Waals surface area contributed by atoms with Crippen LogP contribution in [-0.2, 0) is 10.1 Å². The number of hydrogen-bond acceptors (Lipinski definition) is 4. The Morgan fingerprint density at radius 2 is 1.87 bits per heavy atom. The summed E-state index contributed by atoms with van der Waals surface area (Å²) >= 11 is 0. The second-order valence-electron chi connectivity index (χ2n) is 2.94. The predicted molar refractivity (Wildman–Crippen MR) is 49.6 cm³/mol. The van der Waals surface area contributed by atoms with E-state index < -0.39 is 32.3 Å². The third-order valence-corrected chi connectivity index (χ3v) is 2.59. The van der Waals surface area contributed by atoms with Gasteiger partial charge in [0.15, 0.2) is 5.75 Å². The molecular weight excluding hydrogens is 224 g/mol. The molecule has 0 fully saturated rings. The summed E-state index contributed by atoms with van der Waals surface area (Å²) in [5, 5.41) is 17.9. The Kier molecular flexibility index (Phi) is 2.69. The van der Waals surface area contributed by atoms with Gasteiger partial charge in [0.25, 0.3) is 10.1 Å². The van der Waals surface area contributed by atoms with Crippen molar-refractivity contribution in [3.8, 4) is 5.75 Å². The highest BCUT2D eigenvalue weighted by atomic mass is 32.2. The lowest BCUT2D eigenvalue weighted by Gasteiger charge is -2.06. The first-order chi connectivity index (χ1) is 6.73. The first-order valence-corrected chi connectivity index (χ1v) is 5.22. The lowest BCUT2D eigenvalue weighted by atomic mass is 10.1. The molecule has 0 spiro atoms. The molecule has 0 amide bonds. The zero-order valence-corrected chi connectivity index (χ0v) is 8.45. The fraction of sp³-hybridized carbons (Fsp3) is 0.125. The predicted octanol–water partition coefficient (Wildman–Crippen LogP) is 0.646. The fourth-order valence-electron chi connectivity index (χ4n) is 1.11. The minimum Gasteiger partial charge on any atom is -0.506 e. The number of carbonyl (C=O) groups is 1. The van der Waals surface area contributed by atoms with Crippen LogP contribution in [0.2, 0.25) is 0 Å². The number of aromatic hydroxyl groups is 1. The second kappa shape index (κ2) is 3.52. The lowest BCUT2D eigenvalue weighted by Crippen LogP contribution is -2.04.